The van der Waals surface area contributed by atoms with Gasteiger partial charge in [0.2, 0.25) is 0 Å². The predicted molar refractivity (Wildman–Crippen MR) is 103 cm³/mol. The van der Waals surface area contributed by atoms with Crippen LogP contribution in [0.4, 0.5) is 0 Å². The highest BCUT2D eigenvalue weighted by atomic mass is 16.5. The number of rotatable bonds is 5. The standard InChI is InChI=1S/C21H17N3O3/c25-20-16-7-2-4-9-18(16)22-14-24(20)12-5-13-27-21(26)19-11-10-15-6-1-3-8-17(15)23-19/h1-4,6-11,14H,5,12-13H2. The van der Waals surface area contributed by atoms with Gasteiger partial charge in [-0.3, -0.25) is 9.36 Å². The molecule has 0 saturated carbocycles. The van der Waals surface area contributed by atoms with Crippen molar-refractivity contribution in [3.05, 3.63) is 83.0 Å². The molecule has 6 nitrogen and oxygen atoms in total. The summed E-state index contributed by atoms with van der Waals surface area (Å²) in [6.45, 7) is 0.627. The third kappa shape index (κ3) is 3.55. The van der Waals surface area contributed by atoms with E-state index in [2.05, 4.69) is 9.97 Å². The Morgan fingerprint density at radius 2 is 1.74 bits per heavy atom. The van der Waals surface area contributed by atoms with E-state index >= 15 is 0 Å². The highest BCUT2D eigenvalue weighted by Gasteiger charge is 2.10. The fourth-order valence-electron chi connectivity index (χ4n) is 2.92. The zero-order valence-corrected chi connectivity index (χ0v) is 14.5. The van der Waals surface area contributed by atoms with Gasteiger partial charge in [-0.15, -0.1) is 0 Å². The van der Waals surface area contributed by atoms with Crippen molar-refractivity contribution in [2.24, 2.45) is 0 Å². The summed E-state index contributed by atoms with van der Waals surface area (Å²) in [6.07, 6.45) is 2.04. The van der Waals surface area contributed by atoms with Crippen LogP contribution >= 0.6 is 0 Å². The zero-order chi connectivity index (χ0) is 18.6. The molecule has 0 N–H and O–H groups in total. The molecule has 2 aromatic heterocycles. The van der Waals surface area contributed by atoms with Crippen LogP contribution < -0.4 is 5.56 Å². The van der Waals surface area contributed by atoms with Gasteiger partial charge in [-0.1, -0.05) is 36.4 Å². The number of ether oxygens (including phenoxy) is 1. The second-order valence-electron chi connectivity index (χ2n) is 6.14. The molecule has 0 atom stereocenters. The molecule has 2 aromatic carbocycles. The van der Waals surface area contributed by atoms with Gasteiger partial charge in [0.1, 0.15) is 5.69 Å². The first kappa shape index (κ1) is 16.9. The van der Waals surface area contributed by atoms with E-state index in [4.69, 9.17) is 4.74 Å². The quantitative estimate of drug-likeness (QED) is 0.404. The van der Waals surface area contributed by atoms with Crippen LogP contribution in [0.15, 0.2) is 71.8 Å². The van der Waals surface area contributed by atoms with E-state index in [-0.39, 0.29) is 17.9 Å². The van der Waals surface area contributed by atoms with Gasteiger partial charge in [-0.2, -0.15) is 0 Å². The Morgan fingerprint density at radius 3 is 2.63 bits per heavy atom. The van der Waals surface area contributed by atoms with Gasteiger partial charge in [0.05, 0.1) is 29.4 Å². The van der Waals surface area contributed by atoms with Crippen molar-refractivity contribution in [2.75, 3.05) is 6.61 Å². The molecule has 0 radical (unpaired) electrons. The molecular weight excluding hydrogens is 342 g/mol. The smallest absolute Gasteiger partial charge is 0.356 e. The maximum atomic E-state index is 12.4. The Bertz CT molecular complexity index is 1180. The van der Waals surface area contributed by atoms with Gasteiger partial charge >= 0.3 is 5.97 Å². The van der Waals surface area contributed by atoms with E-state index in [1.807, 2.05) is 42.5 Å². The van der Waals surface area contributed by atoms with Gasteiger partial charge in [-0.05, 0) is 30.7 Å². The van der Waals surface area contributed by atoms with Gasteiger partial charge in [0, 0.05) is 11.9 Å². The number of para-hydroxylation sites is 2. The van der Waals surface area contributed by atoms with Crippen LogP contribution in [0.5, 0.6) is 0 Å². The zero-order valence-electron chi connectivity index (χ0n) is 14.5. The minimum Gasteiger partial charge on any atom is -0.461 e. The third-order valence-corrected chi connectivity index (χ3v) is 4.32. The van der Waals surface area contributed by atoms with Crippen molar-refractivity contribution in [3.8, 4) is 0 Å². The Hall–Kier alpha value is -3.54. The van der Waals surface area contributed by atoms with Crippen LogP contribution in [0.25, 0.3) is 21.8 Å². The van der Waals surface area contributed by atoms with Gasteiger partial charge in [0.15, 0.2) is 0 Å². The number of aromatic nitrogens is 3. The topological polar surface area (TPSA) is 74.1 Å². The first-order valence-corrected chi connectivity index (χ1v) is 8.69. The van der Waals surface area contributed by atoms with Crippen LogP contribution in [0, 0.1) is 0 Å². The first-order valence-electron chi connectivity index (χ1n) is 8.69. The Kier molecular flexibility index (Phi) is 4.61. The molecule has 27 heavy (non-hydrogen) atoms. The monoisotopic (exact) mass is 359 g/mol. The lowest BCUT2D eigenvalue weighted by atomic mass is 10.2. The van der Waals surface area contributed by atoms with Gasteiger partial charge in [0.25, 0.3) is 5.56 Å². The Balaban J connectivity index is 1.37. The predicted octanol–water partition coefficient (Wildman–Crippen LogP) is 3.19. The molecule has 0 amide bonds. The third-order valence-electron chi connectivity index (χ3n) is 4.32. The number of nitrogens with zero attached hydrogens (tertiary/aromatic N) is 3. The molecule has 0 aliphatic heterocycles. The van der Waals surface area contributed by atoms with Crippen LogP contribution in [0.1, 0.15) is 16.9 Å². The lowest BCUT2D eigenvalue weighted by Crippen LogP contribution is -2.21. The maximum Gasteiger partial charge on any atom is 0.356 e. The molecule has 0 spiro atoms. The summed E-state index contributed by atoms with van der Waals surface area (Å²) in [5.41, 5.74) is 1.61. The minimum atomic E-state index is -0.468. The number of fused-ring (bicyclic) bond motifs is 2. The van der Waals surface area contributed by atoms with Crippen molar-refractivity contribution in [1.29, 1.82) is 0 Å². The highest BCUT2D eigenvalue weighted by Crippen LogP contribution is 2.12. The molecule has 0 unspecified atom stereocenters. The summed E-state index contributed by atoms with van der Waals surface area (Å²) in [4.78, 5) is 33.2. The van der Waals surface area contributed by atoms with Crippen LogP contribution in [-0.2, 0) is 11.3 Å². The number of carbonyl (C=O) groups excluding carboxylic acids is 1. The number of aryl methyl sites for hydroxylation is 1. The summed E-state index contributed by atoms with van der Waals surface area (Å²) in [6, 6.07) is 18.3. The maximum absolute atomic E-state index is 12.4. The number of hydrogen-bond donors (Lipinski definition) is 0. The van der Waals surface area contributed by atoms with E-state index in [0.29, 0.717) is 23.9 Å². The second kappa shape index (κ2) is 7.37. The normalized spacial score (nSPS) is 11.0. The first-order chi connectivity index (χ1) is 13.2. The molecule has 0 aliphatic carbocycles. The molecule has 4 aromatic rings. The van der Waals surface area contributed by atoms with Crippen molar-refractivity contribution in [3.63, 3.8) is 0 Å². The fraction of sp³-hybridized carbons (Fsp3) is 0.143. The second-order valence-corrected chi connectivity index (χ2v) is 6.14. The SMILES string of the molecule is O=C(OCCCn1cnc2ccccc2c1=O)c1ccc2ccccc2n1. The van der Waals surface area contributed by atoms with E-state index in [1.165, 1.54) is 10.9 Å². The lowest BCUT2D eigenvalue weighted by molar-refractivity contribution is 0.0489. The number of carbonyl (C=O) groups is 1. The van der Waals surface area contributed by atoms with Gasteiger partial charge < -0.3 is 4.74 Å². The average Bonchev–Trinajstić information content (AvgIpc) is 2.72. The van der Waals surface area contributed by atoms with E-state index in [1.54, 1.807) is 18.2 Å². The number of esters is 1. The van der Waals surface area contributed by atoms with E-state index in [0.717, 1.165) is 10.9 Å². The van der Waals surface area contributed by atoms with Crippen molar-refractivity contribution >= 4 is 27.8 Å². The molecule has 6 heteroatoms. The summed E-state index contributed by atoms with van der Waals surface area (Å²) < 4.78 is 6.82. The highest BCUT2D eigenvalue weighted by molar-refractivity contribution is 5.91. The minimum absolute atomic E-state index is 0.0943. The average molecular weight is 359 g/mol. The molecular formula is C21H17N3O3. The Morgan fingerprint density at radius 1 is 0.963 bits per heavy atom. The summed E-state index contributed by atoms with van der Waals surface area (Å²) in [5.74, 6) is -0.468. The largest absolute Gasteiger partial charge is 0.461 e. The van der Waals surface area contributed by atoms with Crippen molar-refractivity contribution in [2.45, 2.75) is 13.0 Å². The molecule has 2 heterocycles. The molecule has 0 saturated heterocycles. The van der Waals surface area contributed by atoms with E-state index in [9.17, 15) is 9.59 Å². The van der Waals surface area contributed by atoms with Gasteiger partial charge in [-0.25, -0.2) is 14.8 Å². The number of pyridine rings is 1. The lowest BCUT2D eigenvalue weighted by Gasteiger charge is -2.08. The van der Waals surface area contributed by atoms with Crippen LogP contribution in [0.3, 0.4) is 0 Å². The van der Waals surface area contributed by atoms with E-state index < -0.39 is 5.97 Å². The summed E-state index contributed by atoms with van der Waals surface area (Å²) in [5, 5.41) is 1.55. The number of hydrogen-bond acceptors (Lipinski definition) is 5. The number of benzene rings is 2. The van der Waals surface area contributed by atoms with Crippen LogP contribution in [-0.4, -0.2) is 27.1 Å². The molecule has 0 fully saturated rings. The Labute approximate surface area is 155 Å². The van der Waals surface area contributed by atoms with Crippen molar-refractivity contribution < 1.29 is 9.53 Å². The molecule has 0 aliphatic rings. The molecule has 0 bridgehead atoms. The fourth-order valence-corrected chi connectivity index (χ4v) is 2.92. The summed E-state index contributed by atoms with van der Waals surface area (Å²) in [7, 11) is 0. The molecule has 4 rings (SSSR count). The molecule has 134 valence electrons. The van der Waals surface area contributed by atoms with Crippen molar-refractivity contribution in [1.82, 2.24) is 14.5 Å². The summed E-state index contributed by atoms with van der Waals surface area (Å²) >= 11 is 0. The van der Waals surface area contributed by atoms with Crippen LogP contribution in [0.2, 0.25) is 0 Å².